The quantitative estimate of drug-likeness (QED) is 0.486. The summed E-state index contributed by atoms with van der Waals surface area (Å²) in [5.74, 6) is -1.65. The first-order valence-corrected chi connectivity index (χ1v) is 8.96. The SMILES string of the molecule is Cc1[nH]c2ccccc2c1C(=O)[C@@H](C)OC(=O)CCC(=O)c1ccc(F)cc1. The van der Waals surface area contributed by atoms with Crippen molar-refractivity contribution >= 4 is 28.4 Å². The van der Waals surface area contributed by atoms with E-state index in [0.29, 0.717) is 16.8 Å². The van der Waals surface area contributed by atoms with Crippen LogP contribution in [0.2, 0.25) is 0 Å². The average Bonchev–Trinajstić information content (AvgIpc) is 3.01. The van der Waals surface area contributed by atoms with E-state index in [1.807, 2.05) is 24.3 Å². The first-order valence-electron chi connectivity index (χ1n) is 8.96. The van der Waals surface area contributed by atoms with Gasteiger partial charge in [-0.3, -0.25) is 14.4 Å². The Morgan fingerprint density at radius 3 is 2.43 bits per heavy atom. The van der Waals surface area contributed by atoms with Gasteiger partial charge >= 0.3 is 5.97 Å². The van der Waals surface area contributed by atoms with Crippen LogP contribution in [0.5, 0.6) is 0 Å². The van der Waals surface area contributed by atoms with E-state index in [1.165, 1.54) is 31.2 Å². The van der Waals surface area contributed by atoms with Crippen LogP contribution in [0, 0.1) is 12.7 Å². The Morgan fingerprint density at radius 2 is 1.71 bits per heavy atom. The summed E-state index contributed by atoms with van der Waals surface area (Å²) >= 11 is 0. The summed E-state index contributed by atoms with van der Waals surface area (Å²) in [7, 11) is 0. The van der Waals surface area contributed by atoms with Gasteiger partial charge in [0.15, 0.2) is 11.9 Å². The third kappa shape index (κ3) is 4.17. The number of H-pyrrole nitrogens is 1. The molecule has 0 radical (unpaired) electrons. The molecule has 3 aromatic rings. The molecule has 1 aromatic heterocycles. The summed E-state index contributed by atoms with van der Waals surface area (Å²) in [6.45, 7) is 3.31. The second-order valence-electron chi connectivity index (χ2n) is 6.60. The van der Waals surface area contributed by atoms with Crippen molar-refractivity contribution in [3.8, 4) is 0 Å². The molecule has 0 amide bonds. The van der Waals surface area contributed by atoms with Crippen molar-refractivity contribution in [2.24, 2.45) is 0 Å². The largest absolute Gasteiger partial charge is 0.454 e. The van der Waals surface area contributed by atoms with Crippen LogP contribution in [-0.2, 0) is 9.53 Å². The molecule has 0 saturated heterocycles. The summed E-state index contributed by atoms with van der Waals surface area (Å²) in [6, 6.07) is 12.5. The van der Waals surface area contributed by atoms with E-state index in [2.05, 4.69) is 4.98 Å². The normalized spacial score (nSPS) is 12.0. The van der Waals surface area contributed by atoms with Crippen molar-refractivity contribution in [2.75, 3.05) is 0 Å². The Labute approximate surface area is 161 Å². The predicted molar refractivity (Wildman–Crippen MR) is 103 cm³/mol. The van der Waals surface area contributed by atoms with Crippen LogP contribution in [-0.4, -0.2) is 28.6 Å². The molecule has 0 spiro atoms. The Hall–Kier alpha value is -3.28. The van der Waals surface area contributed by atoms with Crippen LogP contribution in [0.25, 0.3) is 10.9 Å². The minimum Gasteiger partial charge on any atom is -0.454 e. The number of hydrogen-bond donors (Lipinski definition) is 1. The van der Waals surface area contributed by atoms with Gasteiger partial charge in [-0.2, -0.15) is 0 Å². The zero-order chi connectivity index (χ0) is 20.3. The highest BCUT2D eigenvalue weighted by Gasteiger charge is 2.24. The molecule has 0 fully saturated rings. The lowest BCUT2D eigenvalue weighted by Gasteiger charge is -2.12. The number of esters is 1. The van der Waals surface area contributed by atoms with E-state index in [-0.39, 0.29) is 24.4 Å². The fraction of sp³-hybridized carbons (Fsp3) is 0.227. The molecule has 0 aliphatic rings. The molecule has 28 heavy (non-hydrogen) atoms. The third-order valence-corrected chi connectivity index (χ3v) is 4.54. The molecule has 0 aliphatic heterocycles. The first kappa shape index (κ1) is 19.5. The van der Waals surface area contributed by atoms with Gasteiger partial charge < -0.3 is 9.72 Å². The van der Waals surface area contributed by atoms with Gasteiger partial charge in [-0.05, 0) is 44.2 Å². The lowest BCUT2D eigenvalue weighted by atomic mass is 10.0. The third-order valence-electron chi connectivity index (χ3n) is 4.54. The summed E-state index contributed by atoms with van der Waals surface area (Å²) < 4.78 is 18.1. The number of carbonyl (C=O) groups excluding carboxylic acids is 3. The number of fused-ring (bicyclic) bond motifs is 1. The fourth-order valence-corrected chi connectivity index (χ4v) is 3.10. The van der Waals surface area contributed by atoms with Crippen LogP contribution in [0.3, 0.4) is 0 Å². The van der Waals surface area contributed by atoms with E-state index in [1.54, 1.807) is 6.92 Å². The van der Waals surface area contributed by atoms with Crippen LogP contribution in [0.1, 0.15) is 46.2 Å². The van der Waals surface area contributed by atoms with E-state index in [0.717, 1.165) is 10.9 Å². The van der Waals surface area contributed by atoms with Gasteiger partial charge in [0.1, 0.15) is 5.82 Å². The molecule has 0 bridgehead atoms. The summed E-state index contributed by atoms with van der Waals surface area (Å²) in [5.41, 5.74) is 2.37. The van der Waals surface area contributed by atoms with Crippen LogP contribution >= 0.6 is 0 Å². The van der Waals surface area contributed by atoms with Gasteiger partial charge in [0.05, 0.1) is 6.42 Å². The topological polar surface area (TPSA) is 76.2 Å². The second kappa shape index (κ2) is 8.17. The number of nitrogens with one attached hydrogen (secondary N) is 1. The van der Waals surface area contributed by atoms with Gasteiger partial charge in [-0.1, -0.05) is 18.2 Å². The number of aryl methyl sites for hydroxylation is 1. The number of ketones is 2. The maximum absolute atomic E-state index is 12.9. The molecule has 0 aliphatic carbocycles. The average molecular weight is 381 g/mol. The zero-order valence-electron chi connectivity index (χ0n) is 15.6. The number of benzene rings is 2. The van der Waals surface area contributed by atoms with Gasteiger partial charge in [0.25, 0.3) is 0 Å². The number of halogens is 1. The van der Waals surface area contributed by atoms with Crippen molar-refractivity contribution < 1.29 is 23.5 Å². The molecule has 5 nitrogen and oxygen atoms in total. The van der Waals surface area contributed by atoms with Gasteiger partial charge in [-0.25, -0.2) is 4.39 Å². The van der Waals surface area contributed by atoms with E-state index >= 15 is 0 Å². The number of aromatic amines is 1. The standard InChI is InChI=1S/C22H20FNO4/c1-13-21(17-5-3-4-6-18(17)24-13)22(27)14(2)28-20(26)12-11-19(25)15-7-9-16(23)10-8-15/h3-10,14,24H,11-12H2,1-2H3/t14-/m1/s1. The smallest absolute Gasteiger partial charge is 0.306 e. The molecular formula is C22H20FNO4. The van der Waals surface area contributed by atoms with Crippen LogP contribution < -0.4 is 0 Å². The highest BCUT2D eigenvalue weighted by molar-refractivity contribution is 6.11. The van der Waals surface area contributed by atoms with Crippen molar-refractivity contribution in [1.82, 2.24) is 4.98 Å². The van der Waals surface area contributed by atoms with E-state index in [4.69, 9.17) is 4.74 Å². The highest BCUT2D eigenvalue weighted by Crippen LogP contribution is 2.24. The maximum atomic E-state index is 12.9. The van der Waals surface area contributed by atoms with E-state index < -0.39 is 17.9 Å². The molecule has 1 heterocycles. The molecule has 144 valence electrons. The zero-order valence-corrected chi connectivity index (χ0v) is 15.6. The second-order valence-corrected chi connectivity index (χ2v) is 6.60. The number of para-hydroxylation sites is 1. The molecule has 3 rings (SSSR count). The maximum Gasteiger partial charge on any atom is 0.306 e. The molecule has 2 aromatic carbocycles. The number of carbonyl (C=O) groups is 3. The lowest BCUT2D eigenvalue weighted by molar-refractivity contribution is -0.146. The molecule has 6 heteroatoms. The molecule has 0 saturated carbocycles. The number of aromatic nitrogens is 1. The van der Waals surface area contributed by atoms with Crippen molar-refractivity contribution in [3.63, 3.8) is 0 Å². The van der Waals surface area contributed by atoms with Crippen molar-refractivity contribution in [1.29, 1.82) is 0 Å². The first-order chi connectivity index (χ1) is 13.4. The predicted octanol–water partition coefficient (Wildman–Crippen LogP) is 4.39. The fourth-order valence-electron chi connectivity index (χ4n) is 3.10. The van der Waals surface area contributed by atoms with Gasteiger partial charge in [0.2, 0.25) is 5.78 Å². The molecular weight excluding hydrogens is 361 g/mol. The molecule has 1 atom stereocenters. The van der Waals surface area contributed by atoms with Crippen LogP contribution in [0.4, 0.5) is 4.39 Å². The summed E-state index contributed by atoms with van der Waals surface area (Å²) in [4.78, 5) is 40.0. The van der Waals surface area contributed by atoms with Crippen LogP contribution in [0.15, 0.2) is 48.5 Å². The Balaban J connectivity index is 1.60. The highest BCUT2D eigenvalue weighted by atomic mass is 19.1. The lowest BCUT2D eigenvalue weighted by Crippen LogP contribution is -2.25. The van der Waals surface area contributed by atoms with Gasteiger partial charge in [-0.15, -0.1) is 0 Å². The molecule has 0 unspecified atom stereocenters. The van der Waals surface area contributed by atoms with Crippen molar-refractivity contribution in [2.45, 2.75) is 32.8 Å². The van der Waals surface area contributed by atoms with Gasteiger partial charge in [0, 0.05) is 34.1 Å². The number of ether oxygens (including phenoxy) is 1. The molecule has 1 N–H and O–H groups in total. The number of Topliss-reactive ketones (excluding diaryl/α,β-unsaturated/α-hetero) is 2. The summed E-state index contributed by atoms with van der Waals surface area (Å²) in [6.07, 6.45) is -1.19. The Morgan fingerprint density at radius 1 is 1.04 bits per heavy atom. The number of hydrogen-bond acceptors (Lipinski definition) is 4. The van der Waals surface area contributed by atoms with Crippen molar-refractivity contribution in [3.05, 3.63) is 71.2 Å². The minimum absolute atomic E-state index is 0.0719. The van der Waals surface area contributed by atoms with E-state index in [9.17, 15) is 18.8 Å². The summed E-state index contributed by atoms with van der Waals surface area (Å²) in [5, 5.41) is 0.777. The Kier molecular flexibility index (Phi) is 5.68. The Bertz CT molecular complexity index is 1040. The monoisotopic (exact) mass is 381 g/mol. The minimum atomic E-state index is -0.966. The number of rotatable bonds is 7.